The molecule has 2 aromatic heterocycles. The number of phenolic OH excluding ortho intramolecular Hbond substituents is 1. The Morgan fingerprint density at radius 1 is 0.946 bits per heavy atom. The molecule has 1 atom stereocenters. The number of pyridine rings is 1. The minimum atomic E-state index is -0.709. The third-order valence-corrected chi connectivity index (χ3v) is 7.41. The van der Waals surface area contributed by atoms with Crippen LogP contribution in [0.15, 0.2) is 80.7 Å². The van der Waals surface area contributed by atoms with E-state index in [9.17, 15) is 19.5 Å². The Balaban J connectivity index is 1.55. The highest BCUT2D eigenvalue weighted by Crippen LogP contribution is 2.45. The molecule has 7 heteroatoms. The number of phenols is 1. The van der Waals surface area contributed by atoms with Gasteiger partial charge in [0.2, 0.25) is 0 Å². The predicted octanol–water partition coefficient (Wildman–Crippen LogP) is 4.87. The van der Waals surface area contributed by atoms with Gasteiger partial charge in [-0.25, -0.2) is 0 Å². The summed E-state index contributed by atoms with van der Waals surface area (Å²) in [5.74, 6) is -1.17. The molecular formula is C30H21NO6. The standard InChI is InChI=1S/C30H21NO6/c32-21-14-23(16-6-2-1-3-7-16)37-29-26-19(13-25(34)36-24(26)15-22(33)27(21)29)20-12-18-9-4-8-17-10-5-11-31(28(17)18)30(20)35/h1-4,6-9,12,14-15,19,33H,5,10-11,13H2/t19-/m0/s1. The van der Waals surface area contributed by atoms with Gasteiger partial charge in [0.15, 0.2) is 5.43 Å². The van der Waals surface area contributed by atoms with Gasteiger partial charge in [0.25, 0.3) is 5.56 Å². The van der Waals surface area contributed by atoms with Crippen molar-refractivity contribution in [3.8, 4) is 22.8 Å². The summed E-state index contributed by atoms with van der Waals surface area (Å²) < 4.78 is 13.5. The van der Waals surface area contributed by atoms with Crippen molar-refractivity contribution >= 4 is 27.8 Å². The zero-order valence-corrected chi connectivity index (χ0v) is 19.7. The molecule has 0 amide bonds. The fraction of sp³-hybridized carbons (Fsp3) is 0.167. The molecule has 182 valence electrons. The topological polar surface area (TPSA) is 98.7 Å². The van der Waals surface area contributed by atoms with Crippen LogP contribution in [0.4, 0.5) is 0 Å². The van der Waals surface area contributed by atoms with Crippen LogP contribution >= 0.6 is 0 Å². The van der Waals surface area contributed by atoms with Crippen molar-refractivity contribution in [3.63, 3.8) is 0 Å². The van der Waals surface area contributed by atoms with Crippen molar-refractivity contribution in [2.24, 2.45) is 0 Å². The van der Waals surface area contributed by atoms with Crippen LogP contribution in [0.1, 0.15) is 35.4 Å². The molecule has 3 aromatic carbocycles. The largest absolute Gasteiger partial charge is 0.507 e. The zero-order chi connectivity index (χ0) is 25.3. The van der Waals surface area contributed by atoms with Crippen LogP contribution in [-0.4, -0.2) is 15.6 Å². The summed E-state index contributed by atoms with van der Waals surface area (Å²) in [7, 11) is 0. The van der Waals surface area contributed by atoms with Gasteiger partial charge in [0, 0.05) is 41.3 Å². The van der Waals surface area contributed by atoms with Gasteiger partial charge < -0.3 is 18.8 Å². The van der Waals surface area contributed by atoms with Gasteiger partial charge in [-0.1, -0.05) is 48.5 Å². The lowest BCUT2D eigenvalue weighted by molar-refractivity contribution is -0.135. The number of nitrogens with zero attached hydrogens (tertiary/aromatic N) is 1. The second-order valence-corrected chi connectivity index (χ2v) is 9.60. The van der Waals surface area contributed by atoms with Gasteiger partial charge >= 0.3 is 5.97 Å². The summed E-state index contributed by atoms with van der Waals surface area (Å²) in [6.07, 6.45) is 1.67. The summed E-state index contributed by atoms with van der Waals surface area (Å²) in [5.41, 5.74) is 3.11. The smallest absolute Gasteiger partial charge is 0.312 e. The van der Waals surface area contributed by atoms with E-state index in [-0.39, 0.29) is 34.4 Å². The molecule has 7 nitrogen and oxygen atoms in total. The highest BCUT2D eigenvalue weighted by molar-refractivity contribution is 5.93. The van der Waals surface area contributed by atoms with E-state index in [1.165, 1.54) is 12.1 Å². The first-order valence-corrected chi connectivity index (χ1v) is 12.2. The molecule has 0 spiro atoms. The maximum absolute atomic E-state index is 13.8. The number of ether oxygens (including phenoxy) is 1. The van der Waals surface area contributed by atoms with E-state index >= 15 is 0 Å². The second kappa shape index (κ2) is 7.93. The minimum Gasteiger partial charge on any atom is -0.507 e. The molecule has 5 aromatic rings. The molecule has 0 unspecified atom stereocenters. The van der Waals surface area contributed by atoms with E-state index in [4.69, 9.17) is 9.15 Å². The molecule has 0 saturated heterocycles. The molecule has 4 heterocycles. The molecule has 0 saturated carbocycles. The van der Waals surface area contributed by atoms with Gasteiger partial charge in [0.1, 0.15) is 28.2 Å². The summed E-state index contributed by atoms with van der Waals surface area (Å²) in [6, 6.07) is 19.6. The van der Waals surface area contributed by atoms with Crippen LogP contribution in [-0.2, 0) is 17.8 Å². The molecule has 0 bridgehead atoms. The number of aromatic nitrogens is 1. The first-order valence-electron chi connectivity index (χ1n) is 12.2. The van der Waals surface area contributed by atoms with Crippen molar-refractivity contribution in [2.75, 3.05) is 0 Å². The number of carbonyl (C=O) groups is 1. The van der Waals surface area contributed by atoms with Gasteiger partial charge in [-0.2, -0.15) is 0 Å². The number of hydrogen-bond acceptors (Lipinski definition) is 6. The third kappa shape index (κ3) is 3.24. The first-order chi connectivity index (χ1) is 18.0. The van der Waals surface area contributed by atoms with Crippen molar-refractivity contribution in [1.82, 2.24) is 4.57 Å². The number of carbonyl (C=O) groups excluding carboxylic acids is 1. The fourth-order valence-corrected chi connectivity index (χ4v) is 5.81. The maximum atomic E-state index is 13.8. The molecule has 2 aliphatic rings. The Labute approximate surface area is 210 Å². The quantitative estimate of drug-likeness (QED) is 0.280. The Hall–Kier alpha value is -4.65. The molecule has 37 heavy (non-hydrogen) atoms. The van der Waals surface area contributed by atoms with Gasteiger partial charge in [-0.05, 0) is 29.9 Å². The zero-order valence-electron chi connectivity index (χ0n) is 19.7. The van der Waals surface area contributed by atoms with E-state index in [0.717, 1.165) is 29.3 Å². The Bertz CT molecular complexity index is 1880. The lowest BCUT2D eigenvalue weighted by atomic mass is 9.84. The number of hydrogen-bond donors (Lipinski definition) is 1. The molecule has 7 rings (SSSR count). The highest BCUT2D eigenvalue weighted by Gasteiger charge is 2.35. The average Bonchev–Trinajstić information content (AvgIpc) is 2.90. The van der Waals surface area contributed by atoms with Crippen LogP contribution in [0, 0.1) is 0 Å². The van der Waals surface area contributed by atoms with Crippen molar-refractivity contribution in [1.29, 1.82) is 0 Å². The number of aryl methyl sites for hydroxylation is 2. The number of rotatable bonds is 2. The summed E-state index contributed by atoms with van der Waals surface area (Å²) in [5, 5.41) is 11.6. The molecule has 2 aliphatic heterocycles. The SMILES string of the molecule is O=C1C[C@@H](c2cc3cccc4c3n(c2=O)CCC4)c2c(cc(O)c3c(=O)cc(-c4ccccc4)oc23)O1. The molecule has 0 aliphatic carbocycles. The summed E-state index contributed by atoms with van der Waals surface area (Å²) in [6.45, 7) is 0.591. The third-order valence-electron chi connectivity index (χ3n) is 7.41. The maximum Gasteiger partial charge on any atom is 0.312 e. The Morgan fingerprint density at radius 3 is 2.62 bits per heavy atom. The number of aromatic hydroxyl groups is 1. The van der Waals surface area contributed by atoms with Crippen molar-refractivity contribution < 1.29 is 19.1 Å². The van der Waals surface area contributed by atoms with E-state index in [1.54, 1.807) is 4.57 Å². The molecule has 0 fully saturated rings. The average molecular weight is 491 g/mol. The number of fused-ring (bicyclic) bond motifs is 3. The lowest BCUT2D eigenvalue weighted by Gasteiger charge is -2.27. The summed E-state index contributed by atoms with van der Waals surface area (Å²) >= 11 is 0. The second-order valence-electron chi connectivity index (χ2n) is 9.60. The molecule has 1 N–H and O–H groups in total. The van der Waals surface area contributed by atoms with Crippen LogP contribution in [0.3, 0.4) is 0 Å². The first kappa shape index (κ1) is 21.6. The number of benzene rings is 3. The Kier molecular flexibility index (Phi) is 4.63. The van der Waals surface area contributed by atoms with Crippen LogP contribution < -0.4 is 15.7 Å². The van der Waals surface area contributed by atoms with E-state index in [1.807, 2.05) is 54.6 Å². The van der Waals surface area contributed by atoms with E-state index in [2.05, 4.69) is 0 Å². The summed E-state index contributed by atoms with van der Waals surface area (Å²) in [4.78, 5) is 39.7. The van der Waals surface area contributed by atoms with Gasteiger partial charge in [-0.3, -0.25) is 14.4 Å². The monoisotopic (exact) mass is 491 g/mol. The molecular weight excluding hydrogens is 470 g/mol. The fourth-order valence-electron chi connectivity index (χ4n) is 5.81. The highest BCUT2D eigenvalue weighted by atomic mass is 16.5. The number of para-hydroxylation sites is 1. The number of esters is 1. The molecule has 0 radical (unpaired) electrons. The predicted molar refractivity (Wildman–Crippen MR) is 138 cm³/mol. The van der Waals surface area contributed by atoms with Crippen molar-refractivity contribution in [3.05, 3.63) is 104 Å². The van der Waals surface area contributed by atoms with Gasteiger partial charge in [-0.15, -0.1) is 0 Å². The lowest BCUT2D eigenvalue weighted by Crippen LogP contribution is -2.31. The normalized spacial score (nSPS) is 16.5. The minimum absolute atomic E-state index is 0.00843. The van der Waals surface area contributed by atoms with E-state index < -0.39 is 17.3 Å². The van der Waals surface area contributed by atoms with E-state index in [0.29, 0.717) is 29.0 Å². The van der Waals surface area contributed by atoms with Crippen LogP contribution in [0.2, 0.25) is 0 Å². The van der Waals surface area contributed by atoms with Gasteiger partial charge in [0.05, 0.1) is 11.9 Å². The van der Waals surface area contributed by atoms with Crippen molar-refractivity contribution in [2.45, 2.75) is 31.7 Å². The van der Waals surface area contributed by atoms with Crippen LogP contribution in [0.5, 0.6) is 11.5 Å². The van der Waals surface area contributed by atoms with Crippen LogP contribution in [0.25, 0.3) is 33.2 Å². The Morgan fingerprint density at radius 2 is 1.78 bits per heavy atom.